The quantitative estimate of drug-likeness (QED) is 0.255. The first-order valence-corrected chi connectivity index (χ1v) is 9.43. The molecule has 0 aliphatic rings. The highest BCUT2D eigenvalue weighted by Crippen LogP contribution is 2.36. The topological polar surface area (TPSA) is 104 Å². The highest BCUT2D eigenvalue weighted by Gasteiger charge is 2.35. The zero-order valence-electron chi connectivity index (χ0n) is 16.4. The number of hydrogen-bond donors (Lipinski definition) is 3. The second kappa shape index (κ2) is 9.30. The Labute approximate surface area is 188 Å². The van der Waals surface area contributed by atoms with Crippen molar-refractivity contribution >= 4 is 34.7 Å². The molecule has 33 heavy (non-hydrogen) atoms. The number of aromatic nitrogens is 1. The van der Waals surface area contributed by atoms with Gasteiger partial charge in [-0.25, -0.2) is 13.8 Å². The van der Waals surface area contributed by atoms with Crippen LogP contribution >= 0.6 is 11.6 Å². The van der Waals surface area contributed by atoms with Gasteiger partial charge in [-0.15, -0.1) is 0 Å². The molecule has 1 heterocycles. The Balaban J connectivity index is 1.92. The number of amides is 1. The number of nitrogens with one attached hydrogen (secondary N) is 2. The molecule has 0 aliphatic carbocycles. The van der Waals surface area contributed by atoms with E-state index in [1.54, 1.807) is 6.07 Å². The Hall–Kier alpha value is -3.91. The molecule has 4 N–H and O–H groups in total. The first kappa shape index (κ1) is 23.7. The molecule has 0 spiro atoms. The van der Waals surface area contributed by atoms with Crippen LogP contribution in [0.5, 0.6) is 0 Å². The van der Waals surface area contributed by atoms with Gasteiger partial charge in [0, 0.05) is 16.8 Å². The molecule has 3 aromatic rings. The van der Waals surface area contributed by atoms with Crippen LogP contribution in [0.4, 0.5) is 39.1 Å². The zero-order valence-corrected chi connectivity index (χ0v) is 17.2. The minimum absolute atomic E-state index is 0.0574. The van der Waals surface area contributed by atoms with Gasteiger partial charge in [-0.2, -0.15) is 18.4 Å². The largest absolute Gasteiger partial charge is 0.420 e. The maximum absolute atomic E-state index is 14.7. The van der Waals surface area contributed by atoms with Gasteiger partial charge in [-0.05, 0) is 36.4 Å². The number of nitrogens with two attached hydrogens (primary N) is 1. The van der Waals surface area contributed by atoms with Gasteiger partial charge in [-0.3, -0.25) is 4.79 Å². The van der Waals surface area contributed by atoms with Crippen LogP contribution in [0.3, 0.4) is 0 Å². The second-order valence-corrected chi connectivity index (χ2v) is 7.03. The molecule has 6 nitrogen and oxygen atoms in total. The van der Waals surface area contributed by atoms with Crippen LogP contribution in [-0.2, 0) is 6.18 Å². The van der Waals surface area contributed by atoms with Crippen LogP contribution < -0.4 is 16.4 Å². The fourth-order valence-corrected chi connectivity index (χ4v) is 3.17. The van der Waals surface area contributed by atoms with E-state index in [9.17, 15) is 26.7 Å². The fraction of sp³-hybridized carbons (Fsp3) is 0.0952. The summed E-state index contributed by atoms with van der Waals surface area (Å²) in [4.78, 5) is 16.2. The number of benzene rings is 2. The smallest absolute Gasteiger partial charge is 0.398 e. The average molecular weight is 482 g/mol. The van der Waals surface area contributed by atoms with Crippen LogP contribution in [0, 0.1) is 23.0 Å². The number of nitrogen functional groups attached to an aromatic ring is 1. The van der Waals surface area contributed by atoms with E-state index in [-0.39, 0.29) is 33.1 Å². The molecule has 2 aromatic carbocycles. The summed E-state index contributed by atoms with van der Waals surface area (Å²) in [5, 5.41) is 12.7. The average Bonchev–Trinajstić information content (AvgIpc) is 2.73. The summed E-state index contributed by atoms with van der Waals surface area (Å²) < 4.78 is 67.9. The van der Waals surface area contributed by atoms with E-state index in [1.807, 2.05) is 0 Å². The highest BCUT2D eigenvalue weighted by molar-refractivity contribution is 6.34. The SMILES string of the molecule is N#CCNc1ncc(NC(=O)c2cc(F)c(-c3ccc(F)cc3N)cc2Cl)cc1C(F)(F)F. The Bertz CT molecular complexity index is 1270. The number of pyridine rings is 1. The third kappa shape index (κ3) is 5.30. The maximum Gasteiger partial charge on any atom is 0.420 e. The van der Waals surface area contributed by atoms with Crippen molar-refractivity contribution in [3.8, 4) is 17.2 Å². The molecule has 3 rings (SSSR count). The molecule has 170 valence electrons. The number of rotatable bonds is 5. The van der Waals surface area contributed by atoms with Crippen molar-refractivity contribution in [2.75, 3.05) is 22.9 Å². The summed E-state index contributed by atoms with van der Waals surface area (Å²) in [6.07, 6.45) is -3.89. The number of carbonyl (C=O) groups excluding carboxylic acids is 1. The van der Waals surface area contributed by atoms with Gasteiger partial charge in [0.1, 0.15) is 24.0 Å². The van der Waals surface area contributed by atoms with Crippen LogP contribution in [0.2, 0.25) is 5.02 Å². The van der Waals surface area contributed by atoms with Crippen molar-refractivity contribution in [1.29, 1.82) is 5.26 Å². The molecular formula is C21H13ClF5N5O. The lowest BCUT2D eigenvalue weighted by atomic mass is 10.0. The molecular weight excluding hydrogens is 469 g/mol. The fourth-order valence-electron chi connectivity index (χ4n) is 2.92. The van der Waals surface area contributed by atoms with Gasteiger partial charge in [0.2, 0.25) is 0 Å². The normalized spacial score (nSPS) is 11.1. The van der Waals surface area contributed by atoms with Gasteiger partial charge in [-0.1, -0.05) is 11.6 Å². The maximum atomic E-state index is 14.7. The summed E-state index contributed by atoms with van der Waals surface area (Å²) in [5.41, 5.74) is 3.79. The lowest BCUT2D eigenvalue weighted by Gasteiger charge is -2.15. The number of carbonyl (C=O) groups is 1. The molecule has 0 unspecified atom stereocenters. The monoisotopic (exact) mass is 481 g/mol. The Morgan fingerprint density at radius 2 is 1.88 bits per heavy atom. The molecule has 1 aromatic heterocycles. The van der Waals surface area contributed by atoms with E-state index in [1.165, 1.54) is 6.07 Å². The Kier molecular flexibility index (Phi) is 6.69. The van der Waals surface area contributed by atoms with Crippen molar-refractivity contribution < 1.29 is 26.7 Å². The van der Waals surface area contributed by atoms with Gasteiger partial charge in [0.25, 0.3) is 5.91 Å². The number of alkyl halides is 3. The number of nitriles is 1. The molecule has 12 heteroatoms. The van der Waals surface area contributed by atoms with Crippen molar-refractivity contribution in [3.05, 3.63) is 70.4 Å². The molecule has 0 radical (unpaired) electrons. The van der Waals surface area contributed by atoms with Crippen LogP contribution in [-0.4, -0.2) is 17.4 Å². The van der Waals surface area contributed by atoms with Gasteiger partial charge < -0.3 is 16.4 Å². The third-order valence-corrected chi connectivity index (χ3v) is 4.70. The van der Waals surface area contributed by atoms with Crippen molar-refractivity contribution in [3.63, 3.8) is 0 Å². The molecule has 0 atom stereocenters. The summed E-state index contributed by atoms with van der Waals surface area (Å²) in [5.74, 6) is -3.12. The molecule has 0 saturated heterocycles. The number of hydrogen-bond acceptors (Lipinski definition) is 5. The van der Waals surface area contributed by atoms with E-state index in [2.05, 4.69) is 15.6 Å². The van der Waals surface area contributed by atoms with Gasteiger partial charge >= 0.3 is 6.18 Å². The zero-order chi connectivity index (χ0) is 24.3. The summed E-state index contributed by atoms with van der Waals surface area (Å²) in [6, 6.07) is 7.44. The van der Waals surface area contributed by atoms with Gasteiger partial charge in [0.05, 0.1) is 34.1 Å². The van der Waals surface area contributed by atoms with Crippen LogP contribution in [0.1, 0.15) is 15.9 Å². The summed E-state index contributed by atoms with van der Waals surface area (Å²) in [7, 11) is 0. The Morgan fingerprint density at radius 3 is 2.52 bits per heavy atom. The second-order valence-electron chi connectivity index (χ2n) is 6.63. The molecule has 0 bridgehead atoms. The minimum Gasteiger partial charge on any atom is -0.398 e. The standard InChI is InChI=1S/C21H13ClF5N5O/c22-16-7-13(12-2-1-10(23)5-18(12)29)17(24)8-14(16)20(33)32-11-6-15(21(25,26)27)19(31-9-11)30-4-3-28/h1-2,5-9H,4,29H2,(H,30,31)(H,32,33). The minimum atomic E-state index is -4.83. The van der Waals surface area contributed by atoms with E-state index in [4.69, 9.17) is 22.6 Å². The predicted molar refractivity (Wildman–Crippen MR) is 113 cm³/mol. The van der Waals surface area contributed by atoms with Crippen molar-refractivity contribution in [1.82, 2.24) is 4.98 Å². The van der Waals surface area contributed by atoms with Gasteiger partial charge in [0.15, 0.2) is 0 Å². The predicted octanol–water partition coefficient (Wildman–Crippen LogP) is 5.47. The van der Waals surface area contributed by atoms with Crippen molar-refractivity contribution in [2.24, 2.45) is 0 Å². The first-order chi connectivity index (χ1) is 15.5. The van der Waals surface area contributed by atoms with E-state index in [0.717, 1.165) is 30.5 Å². The lowest BCUT2D eigenvalue weighted by Crippen LogP contribution is -2.17. The van der Waals surface area contributed by atoms with E-state index >= 15 is 0 Å². The number of nitrogens with zero attached hydrogens (tertiary/aromatic N) is 2. The summed E-state index contributed by atoms with van der Waals surface area (Å²) >= 11 is 6.10. The molecule has 1 amide bonds. The van der Waals surface area contributed by atoms with Crippen molar-refractivity contribution in [2.45, 2.75) is 6.18 Å². The van der Waals surface area contributed by atoms with E-state index < -0.39 is 41.6 Å². The molecule has 0 saturated carbocycles. The number of halogens is 6. The number of anilines is 3. The van der Waals surface area contributed by atoms with E-state index in [0.29, 0.717) is 6.07 Å². The molecule has 0 aliphatic heterocycles. The van der Waals surface area contributed by atoms with Crippen LogP contribution in [0.25, 0.3) is 11.1 Å². The molecule has 0 fully saturated rings. The third-order valence-electron chi connectivity index (χ3n) is 4.39. The lowest BCUT2D eigenvalue weighted by molar-refractivity contribution is -0.137. The summed E-state index contributed by atoms with van der Waals surface area (Å²) in [6.45, 7) is -0.415. The Morgan fingerprint density at radius 1 is 1.15 bits per heavy atom. The first-order valence-electron chi connectivity index (χ1n) is 9.05. The highest BCUT2D eigenvalue weighted by atomic mass is 35.5. The van der Waals surface area contributed by atoms with Crippen LogP contribution in [0.15, 0.2) is 42.6 Å².